The number of rotatable bonds is 2. The fourth-order valence-electron chi connectivity index (χ4n) is 0.882. The summed E-state index contributed by atoms with van der Waals surface area (Å²) >= 11 is 0. The van der Waals surface area contributed by atoms with Crippen molar-refractivity contribution >= 4 is 0 Å². The van der Waals surface area contributed by atoms with Crippen molar-refractivity contribution in [1.82, 2.24) is 0 Å². The average Bonchev–Trinajstić information content (AvgIpc) is 2.05. The predicted molar refractivity (Wildman–Crippen MR) is 43.6 cm³/mol. The Balaban J connectivity index is 2.83. The van der Waals surface area contributed by atoms with Crippen LogP contribution in [0.15, 0.2) is 24.3 Å². The number of benzene rings is 1. The summed E-state index contributed by atoms with van der Waals surface area (Å²) < 4.78 is 4.97. The Morgan fingerprint density at radius 2 is 1.82 bits per heavy atom. The van der Waals surface area contributed by atoms with Gasteiger partial charge >= 0.3 is 0 Å². The van der Waals surface area contributed by atoms with E-state index in [0.717, 1.165) is 11.3 Å². The van der Waals surface area contributed by atoms with Crippen molar-refractivity contribution in [1.29, 1.82) is 0 Å². The van der Waals surface area contributed by atoms with E-state index in [4.69, 9.17) is 9.84 Å². The van der Waals surface area contributed by atoms with E-state index in [9.17, 15) is 0 Å². The van der Waals surface area contributed by atoms with E-state index in [-0.39, 0.29) is 0 Å². The highest BCUT2D eigenvalue weighted by atomic mass is 16.5. The van der Waals surface area contributed by atoms with E-state index < -0.39 is 6.10 Å². The molecule has 2 nitrogen and oxygen atoms in total. The normalized spacial score (nSPS) is 12.6. The van der Waals surface area contributed by atoms with Crippen LogP contribution >= 0.6 is 0 Å². The second-order valence-corrected chi connectivity index (χ2v) is 2.45. The zero-order chi connectivity index (χ0) is 8.27. The second kappa shape index (κ2) is 3.39. The molecule has 0 bridgehead atoms. The zero-order valence-corrected chi connectivity index (χ0v) is 6.74. The highest BCUT2D eigenvalue weighted by molar-refractivity contribution is 5.27. The SMILES string of the molecule is COc1ccc(C(C)O)cc1. The summed E-state index contributed by atoms with van der Waals surface area (Å²) in [6.45, 7) is 1.74. The molecule has 1 N–H and O–H groups in total. The molecule has 0 aliphatic heterocycles. The Kier molecular flexibility index (Phi) is 2.49. The van der Waals surface area contributed by atoms with E-state index in [1.165, 1.54) is 0 Å². The molecule has 1 unspecified atom stereocenters. The summed E-state index contributed by atoms with van der Waals surface area (Å²) in [5, 5.41) is 9.15. The molecule has 0 saturated heterocycles. The number of ether oxygens (including phenoxy) is 1. The van der Waals surface area contributed by atoms with E-state index >= 15 is 0 Å². The van der Waals surface area contributed by atoms with Crippen molar-refractivity contribution in [3.05, 3.63) is 29.8 Å². The lowest BCUT2D eigenvalue weighted by Gasteiger charge is -2.04. The quantitative estimate of drug-likeness (QED) is 0.699. The smallest absolute Gasteiger partial charge is 0.118 e. The highest BCUT2D eigenvalue weighted by Crippen LogP contribution is 2.16. The summed E-state index contributed by atoms with van der Waals surface area (Å²) in [4.78, 5) is 0. The molecule has 0 spiro atoms. The van der Waals surface area contributed by atoms with Crippen molar-refractivity contribution in [3.63, 3.8) is 0 Å². The number of hydrogen-bond acceptors (Lipinski definition) is 2. The molecule has 0 amide bonds. The maximum atomic E-state index is 9.15. The fourth-order valence-corrected chi connectivity index (χ4v) is 0.882. The second-order valence-electron chi connectivity index (χ2n) is 2.45. The molecule has 0 aliphatic rings. The molecule has 2 heteroatoms. The Morgan fingerprint density at radius 1 is 1.27 bits per heavy atom. The zero-order valence-electron chi connectivity index (χ0n) is 6.74. The lowest BCUT2D eigenvalue weighted by atomic mass is 10.1. The summed E-state index contributed by atoms with van der Waals surface area (Å²) in [5.41, 5.74) is 0.908. The largest absolute Gasteiger partial charge is 0.497 e. The van der Waals surface area contributed by atoms with Gasteiger partial charge in [0.05, 0.1) is 13.2 Å². The minimum Gasteiger partial charge on any atom is -0.497 e. The number of methoxy groups -OCH3 is 1. The summed E-state index contributed by atoms with van der Waals surface area (Å²) in [5.74, 6) is 0.814. The summed E-state index contributed by atoms with van der Waals surface area (Å²) in [6.07, 6.45) is -0.402. The molecular weight excluding hydrogens is 140 g/mol. The highest BCUT2D eigenvalue weighted by Gasteiger charge is 1.98. The van der Waals surface area contributed by atoms with Crippen molar-refractivity contribution < 1.29 is 9.84 Å². The van der Waals surface area contributed by atoms with Crippen LogP contribution in [-0.2, 0) is 0 Å². The Bertz CT molecular complexity index is 214. The van der Waals surface area contributed by atoms with Crippen LogP contribution in [0.4, 0.5) is 0 Å². The van der Waals surface area contributed by atoms with Gasteiger partial charge in [-0.1, -0.05) is 12.1 Å². The van der Waals surface area contributed by atoms with Crippen LogP contribution in [-0.4, -0.2) is 12.2 Å². The first-order valence-corrected chi connectivity index (χ1v) is 3.56. The van der Waals surface area contributed by atoms with Gasteiger partial charge in [0.1, 0.15) is 5.75 Å². The number of aliphatic hydroxyl groups excluding tert-OH is 1. The van der Waals surface area contributed by atoms with Crippen LogP contribution in [0.5, 0.6) is 5.75 Å². The Labute approximate surface area is 66.4 Å². The minimum atomic E-state index is -0.402. The van der Waals surface area contributed by atoms with Crippen LogP contribution < -0.4 is 4.74 Å². The molecule has 0 heterocycles. The molecule has 0 radical (unpaired) electrons. The van der Waals surface area contributed by atoms with Crippen molar-refractivity contribution in [2.75, 3.05) is 7.11 Å². The van der Waals surface area contributed by atoms with Crippen LogP contribution in [0.25, 0.3) is 0 Å². The molecule has 1 rings (SSSR count). The molecular formula is C9H12O2. The summed E-state index contributed by atoms with van der Waals surface area (Å²) in [6, 6.07) is 7.37. The van der Waals surface area contributed by atoms with Crippen LogP contribution in [0.2, 0.25) is 0 Å². The van der Waals surface area contributed by atoms with E-state index in [2.05, 4.69) is 0 Å². The van der Waals surface area contributed by atoms with Crippen molar-refractivity contribution in [2.45, 2.75) is 13.0 Å². The third-order valence-corrected chi connectivity index (χ3v) is 1.60. The molecule has 1 atom stereocenters. The van der Waals surface area contributed by atoms with Gasteiger partial charge in [-0.05, 0) is 24.6 Å². The average molecular weight is 152 g/mol. The van der Waals surface area contributed by atoms with Crippen LogP contribution in [0.1, 0.15) is 18.6 Å². The van der Waals surface area contributed by atoms with E-state index in [0.29, 0.717) is 0 Å². The lowest BCUT2D eigenvalue weighted by Crippen LogP contribution is -1.90. The topological polar surface area (TPSA) is 29.5 Å². The predicted octanol–water partition coefficient (Wildman–Crippen LogP) is 1.75. The van der Waals surface area contributed by atoms with Crippen LogP contribution in [0, 0.1) is 0 Å². The lowest BCUT2D eigenvalue weighted by molar-refractivity contribution is 0.199. The van der Waals surface area contributed by atoms with Crippen LogP contribution in [0.3, 0.4) is 0 Å². The van der Waals surface area contributed by atoms with Gasteiger partial charge in [0, 0.05) is 0 Å². The third-order valence-electron chi connectivity index (χ3n) is 1.60. The Morgan fingerprint density at radius 3 is 2.18 bits per heavy atom. The standard InChI is InChI=1S/C9H12O2/c1-7(10)8-3-5-9(11-2)6-4-8/h3-7,10H,1-2H3. The molecule has 0 saturated carbocycles. The van der Waals surface area contributed by atoms with Gasteiger partial charge in [-0.3, -0.25) is 0 Å². The molecule has 60 valence electrons. The molecule has 0 fully saturated rings. The van der Waals surface area contributed by atoms with Gasteiger partial charge in [-0.15, -0.1) is 0 Å². The van der Waals surface area contributed by atoms with Crippen molar-refractivity contribution in [2.24, 2.45) is 0 Å². The maximum Gasteiger partial charge on any atom is 0.118 e. The third kappa shape index (κ3) is 1.95. The first kappa shape index (κ1) is 8.08. The monoisotopic (exact) mass is 152 g/mol. The Hall–Kier alpha value is -1.02. The fraction of sp³-hybridized carbons (Fsp3) is 0.333. The van der Waals surface area contributed by atoms with Gasteiger partial charge in [0.15, 0.2) is 0 Å². The minimum absolute atomic E-state index is 0.402. The first-order chi connectivity index (χ1) is 5.24. The molecule has 1 aromatic rings. The molecule has 0 aliphatic carbocycles. The molecule has 11 heavy (non-hydrogen) atoms. The van der Waals surface area contributed by atoms with Gasteiger partial charge in [-0.2, -0.15) is 0 Å². The van der Waals surface area contributed by atoms with E-state index in [1.807, 2.05) is 24.3 Å². The van der Waals surface area contributed by atoms with E-state index in [1.54, 1.807) is 14.0 Å². The summed E-state index contributed by atoms with van der Waals surface area (Å²) in [7, 11) is 1.62. The van der Waals surface area contributed by atoms with Gasteiger partial charge in [0.25, 0.3) is 0 Å². The first-order valence-electron chi connectivity index (χ1n) is 3.56. The van der Waals surface area contributed by atoms with Gasteiger partial charge < -0.3 is 9.84 Å². The molecule has 0 aromatic heterocycles. The van der Waals surface area contributed by atoms with Gasteiger partial charge in [-0.25, -0.2) is 0 Å². The number of hydrogen-bond donors (Lipinski definition) is 1. The van der Waals surface area contributed by atoms with Gasteiger partial charge in [0.2, 0.25) is 0 Å². The van der Waals surface area contributed by atoms with Crippen molar-refractivity contribution in [3.8, 4) is 5.75 Å². The maximum absolute atomic E-state index is 9.15. The molecule has 1 aromatic carbocycles. The number of aliphatic hydroxyl groups is 1.